The maximum atomic E-state index is 13.6. The molecule has 0 bridgehead atoms. The average Bonchev–Trinajstić information content (AvgIpc) is 3.23. The second-order valence-corrected chi connectivity index (χ2v) is 11.8. The van der Waals surface area contributed by atoms with E-state index in [0.717, 1.165) is 48.1 Å². The van der Waals surface area contributed by atoms with Gasteiger partial charge < -0.3 is 21.5 Å². The number of anilines is 1. The maximum absolute atomic E-state index is 13.6. The molecule has 1 saturated carbocycles. The highest BCUT2D eigenvalue weighted by atomic mass is 16.5. The molecule has 0 radical (unpaired) electrons. The molecule has 2 aromatic rings. The van der Waals surface area contributed by atoms with E-state index in [1.165, 1.54) is 5.56 Å². The Hall–Kier alpha value is -3.72. The predicted molar refractivity (Wildman–Crippen MR) is 155 cm³/mol. The summed E-state index contributed by atoms with van der Waals surface area (Å²) in [6, 6.07) is 13.2. The summed E-state index contributed by atoms with van der Waals surface area (Å²) in [7, 11) is 0. The summed E-state index contributed by atoms with van der Waals surface area (Å²) in [6.45, 7) is 2.23. The zero-order chi connectivity index (χ0) is 29.1. The number of benzene rings is 2. The molecule has 1 aliphatic carbocycles. The van der Waals surface area contributed by atoms with Gasteiger partial charge in [0.1, 0.15) is 6.04 Å². The van der Waals surface area contributed by atoms with Gasteiger partial charge in [-0.3, -0.25) is 24.1 Å². The minimum Gasteiger partial charge on any atom is -0.372 e. The van der Waals surface area contributed by atoms with Crippen molar-refractivity contribution in [1.82, 2.24) is 5.32 Å². The number of carbonyl (C=O) groups is 4. The largest absolute Gasteiger partial charge is 0.372 e. The minimum atomic E-state index is -0.623. The number of ether oxygens (including phenoxy) is 1. The van der Waals surface area contributed by atoms with Gasteiger partial charge in [-0.05, 0) is 73.1 Å². The van der Waals surface area contributed by atoms with Crippen molar-refractivity contribution in [2.24, 2.45) is 17.4 Å². The highest BCUT2D eigenvalue weighted by molar-refractivity contribution is 6.04. The molecule has 9 nitrogen and oxygen atoms in total. The summed E-state index contributed by atoms with van der Waals surface area (Å²) < 4.78 is 6.18. The molecule has 0 spiro atoms. The van der Waals surface area contributed by atoms with Crippen LogP contribution in [0.25, 0.3) is 0 Å². The van der Waals surface area contributed by atoms with E-state index in [2.05, 4.69) is 17.4 Å². The Morgan fingerprint density at radius 1 is 1.02 bits per heavy atom. The summed E-state index contributed by atoms with van der Waals surface area (Å²) in [5.74, 6) is -0.116. The van der Waals surface area contributed by atoms with Crippen molar-refractivity contribution in [1.29, 1.82) is 0 Å². The SMILES string of the molecule is C[C@@H](OCc1ccc(C2CC(CC(N)=O)C2)cc1)[C@H](CCC(N)=O)NC(=O)[C@@H]1Cc2cccc3c2N1C(=O)CCC3. The number of hydrogen-bond donors (Lipinski definition) is 3. The highest BCUT2D eigenvalue weighted by Crippen LogP contribution is 2.43. The van der Waals surface area contributed by atoms with Gasteiger partial charge in [0, 0.05) is 25.7 Å². The number of aryl methyl sites for hydroxylation is 1. The minimum absolute atomic E-state index is 0.0272. The van der Waals surface area contributed by atoms with Crippen LogP contribution in [0.15, 0.2) is 42.5 Å². The fourth-order valence-electron chi connectivity index (χ4n) is 6.52. The Balaban J connectivity index is 1.20. The molecule has 1 fully saturated rings. The molecular formula is C32H40N4O5. The van der Waals surface area contributed by atoms with Crippen LogP contribution in [-0.4, -0.2) is 41.8 Å². The normalized spacial score (nSPS) is 22.7. The van der Waals surface area contributed by atoms with Gasteiger partial charge in [0.05, 0.1) is 24.4 Å². The standard InChI is InChI=1S/C32H40N4O5/c1-19(41-18-20-8-10-22(11-9-20)25-14-21(15-25)16-29(34)38)26(12-13-28(33)37)35-32(40)27-17-24-6-2-4-23-5-3-7-30(39)36(27)31(23)24/h2,4,6,8-11,19,21,25-27H,3,5,7,12-18H2,1H3,(H2,33,37)(H2,34,38)(H,35,40)/t19-,21?,25?,26+,27+/m1/s1. The van der Waals surface area contributed by atoms with E-state index in [9.17, 15) is 19.2 Å². The fourth-order valence-corrected chi connectivity index (χ4v) is 6.52. The summed E-state index contributed by atoms with van der Waals surface area (Å²) in [5.41, 5.74) is 16.0. The summed E-state index contributed by atoms with van der Waals surface area (Å²) in [4.78, 5) is 51.1. The Bertz CT molecular complexity index is 1300. The molecule has 2 aliphatic heterocycles. The van der Waals surface area contributed by atoms with Crippen molar-refractivity contribution >= 4 is 29.3 Å². The topological polar surface area (TPSA) is 145 Å². The second-order valence-electron chi connectivity index (χ2n) is 11.8. The smallest absolute Gasteiger partial charge is 0.243 e. The van der Waals surface area contributed by atoms with E-state index >= 15 is 0 Å². The first-order valence-corrected chi connectivity index (χ1v) is 14.7. The Kier molecular flexibility index (Phi) is 8.73. The van der Waals surface area contributed by atoms with Crippen LogP contribution in [0, 0.1) is 5.92 Å². The molecule has 2 aromatic carbocycles. The number of nitrogens with one attached hydrogen (secondary N) is 1. The molecule has 3 atom stereocenters. The third kappa shape index (κ3) is 6.62. The lowest BCUT2D eigenvalue weighted by Crippen LogP contribution is -2.53. The lowest BCUT2D eigenvalue weighted by Gasteiger charge is -2.35. The number of amides is 4. The van der Waals surface area contributed by atoms with Gasteiger partial charge in [0.15, 0.2) is 0 Å². The van der Waals surface area contributed by atoms with Crippen LogP contribution in [0.2, 0.25) is 0 Å². The molecule has 5 N–H and O–H groups in total. The number of primary amides is 2. The predicted octanol–water partition coefficient (Wildman–Crippen LogP) is 3.01. The molecule has 41 heavy (non-hydrogen) atoms. The monoisotopic (exact) mass is 560 g/mol. The Morgan fingerprint density at radius 3 is 2.46 bits per heavy atom. The van der Waals surface area contributed by atoms with Gasteiger partial charge in [-0.15, -0.1) is 0 Å². The van der Waals surface area contributed by atoms with Crippen molar-refractivity contribution in [3.8, 4) is 0 Å². The van der Waals surface area contributed by atoms with Gasteiger partial charge >= 0.3 is 0 Å². The van der Waals surface area contributed by atoms with Crippen molar-refractivity contribution in [3.05, 3.63) is 64.7 Å². The quantitative estimate of drug-likeness (QED) is 0.365. The van der Waals surface area contributed by atoms with Crippen molar-refractivity contribution in [3.63, 3.8) is 0 Å². The van der Waals surface area contributed by atoms with E-state index < -0.39 is 24.1 Å². The molecule has 5 rings (SSSR count). The van der Waals surface area contributed by atoms with E-state index in [1.54, 1.807) is 4.90 Å². The second kappa shape index (κ2) is 12.4. The first-order valence-electron chi connectivity index (χ1n) is 14.7. The van der Waals surface area contributed by atoms with E-state index in [0.29, 0.717) is 44.1 Å². The molecule has 0 saturated heterocycles. The van der Waals surface area contributed by atoms with Gasteiger partial charge in [-0.25, -0.2) is 0 Å². The van der Waals surface area contributed by atoms with Gasteiger partial charge in [-0.2, -0.15) is 0 Å². The van der Waals surface area contributed by atoms with Gasteiger partial charge in [0.2, 0.25) is 23.6 Å². The fraction of sp³-hybridized carbons (Fsp3) is 0.500. The maximum Gasteiger partial charge on any atom is 0.243 e. The number of nitrogens with zero attached hydrogens (tertiary/aromatic N) is 1. The van der Waals surface area contributed by atoms with E-state index in [1.807, 2.05) is 37.3 Å². The lowest BCUT2D eigenvalue weighted by molar-refractivity contribution is -0.128. The van der Waals surface area contributed by atoms with Crippen LogP contribution in [0.3, 0.4) is 0 Å². The van der Waals surface area contributed by atoms with Crippen molar-refractivity contribution < 1.29 is 23.9 Å². The zero-order valence-electron chi connectivity index (χ0n) is 23.6. The molecular weight excluding hydrogens is 520 g/mol. The summed E-state index contributed by atoms with van der Waals surface area (Å²) >= 11 is 0. The molecule has 4 amide bonds. The molecule has 9 heteroatoms. The van der Waals surface area contributed by atoms with Crippen LogP contribution in [0.1, 0.15) is 80.0 Å². The van der Waals surface area contributed by atoms with E-state index in [4.69, 9.17) is 16.2 Å². The molecule has 0 aromatic heterocycles. The number of hydrogen-bond acceptors (Lipinski definition) is 5. The number of nitrogens with two attached hydrogens (primary N) is 2. The van der Waals surface area contributed by atoms with Crippen LogP contribution in [-0.2, 0) is 43.4 Å². The zero-order valence-corrected chi connectivity index (χ0v) is 23.6. The molecule has 218 valence electrons. The molecule has 0 unspecified atom stereocenters. The van der Waals surface area contributed by atoms with E-state index in [-0.39, 0.29) is 24.1 Å². The Labute approximate surface area is 241 Å². The number of carbonyl (C=O) groups excluding carboxylic acids is 4. The highest BCUT2D eigenvalue weighted by Gasteiger charge is 2.41. The van der Waals surface area contributed by atoms with Gasteiger partial charge in [0.25, 0.3) is 0 Å². The third-order valence-corrected chi connectivity index (χ3v) is 8.86. The van der Waals surface area contributed by atoms with Gasteiger partial charge in [-0.1, -0.05) is 42.5 Å². The van der Waals surface area contributed by atoms with Crippen LogP contribution in [0.5, 0.6) is 0 Å². The average molecular weight is 561 g/mol. The number of para-hydroxylation sites is 1. The van der Waals surface area contributed by atoms with Crippen molar-refractivity contribution in [2.75, 3.05) is 4.90 Å². The number of rotatable bonds is 12. The molecule has 3 aliphatic rings. The van der Waals surface area contributed by atoms with Crippen LogP contribution < -0.4 is 21.7 Å². The lowest BCUT2D eigenvalue weighted by atomic mass is 9.70. The first-order chi connectivity index (χ1) is 19.7. The van der Waals surface area contributed by atoms with Crippen LogP contribution >= 0.6 is 0 Å². The third-order valence-electron chi connectivity index (χ3n) is 8.86. The summed E-state index contributed by atoms with van der Waals surface area (Å²) in [6.07, 6.45) is 4.95. The Morgan fingerprint density at radius 2 is 1.76 bits per heavy atom. The summed E-state index contributed by atoms with van der Waals surface area (Å²) in [5, 5.41) is 3.09. The molecule has 2 heterocycles. The van der Waals surface area contributed by atoms with Crippen molar-refractivity contribution in [2.45, 2.75) is 95.4 Å². The first kappa shape index (κ1) is 28.8. The van der Waals surface area contributed by atoms with Crippen LogP contribution in [0.4, 0.5) is 5.69 Å².